The van der Waals surface area contributed by atoms with E-state index in [0.717, 1.165) is 18.6 Å². The first-order chi connectivity index (χ1) is 10.3. The van der Waals surface area contributed by atoms with E-state index < -0.39 is 0 Å². The van der Waals surface area contributed by atoms with Gasteiger partial charge in [0.2, 0.25) is 11.7 Å². The van der Waals surface area contributed by atoms with Crippen LogP contribution in [-0.2, 0) is 11.3 Å². The average molecular weight is 291 g/mol. The molecule has 0 bridgehead atoms. The van der Waals surface area contributed by atoms with Crippen LogP contribution in [0, 0.1) is 0 Å². The molecule has 0 spiro atoms. The van der Waals surface area contributed by atoms with Gasteiger partial charge >= 0.3 is 0 Å². The molecule has 112 valence electrons. The molecule has 0 saturated carbocycles. The van der Waals surface area contributed by atoms with Crippen molar-refractivity contribution in [3.8, 4) is 22.9 Å². The summed E-state index contributed by atoms with van der Waals surface area (Å²) in [6.45, 7) is 1.55. The van der Waals surface area contributed by atoms with E-state index in [0.29, 0.717) is 29.8 Å². The summed E-state index contributed by atoms with van der Waals surface area (Å²) < 4.78 is 21.6. The first kappa shape index (κ1) is 13.8. The summed E-state index contributed by atoms with van der Waals surface area (Å²) in [6.07, 6.45) is 0.953. The third kappa shape index (κ3) is 2.98. The van der Waals surface area contributed by atoms with E-state index in [4.69, 9.17) is 24.5 Å². The molecule has 21 heavy (non-hydrogen) atoms. The average Bonchev–Trinajstić information content (AvgIpc) is 3.18. The minimum absolute atomic E-state index is 0.0683. The molecule has 1 aromatic heterocycles. The number of ether oxygens (including phenoxy) is 3. The summed E-state index contributed by atoms with van der Waals surface area (Å²) in [5.74, 6) is 2.18. The lowest BCUT2D eigenvalue weighted by atomic mass is 10.2. The van der Waals surface area contributed by atoms with E-state index in [1.54, 1.807) is 7.11 Å². The van der Waals surface area contributed by atoms with E-state index in [2.05, 4.69) is 10.1 Å². The van der Waals surface area contributed by atoms with Crippen LogP contribution in [0.5, 0.6) is 11.5 Å². The largest absolute Gasteiger partial charge is 0.493 e. The van der Waals surface area contributed by atoms with Gasteiger partial charge in [-0.1, -0.05) is 5.16 Å². The Bertz CT molecular complexity index is 608. The van der Waals surface area contributed by atoms with E-state index in [-0.39, 0.29) is 12.6 Å². The van der Waals surface area contributed by atoms with Crippen LogP contribution in [0.15, 0.2) is 22.7 Å². The van der Waals surface area contributed by atoms with Crippen LogP contribution >= 0.6 is 0 Å². The van der Waals surface area contributed by atoms with Crippen LogP contribution in [0.1, 0.15) is 12.3 Å². The molecule has 0 radical (unpaired) electrons. The van der Waals surface area contributed by atoms with Gasteiger partial charge in [-0.25, -0.2) is 0 Å². The molecule has 2 heterocycles. The summed E-state index contributed by atoms with van der Waals surface area (Å²) in [4.78, 5) is 4.19. The minimum Gasteiger partial charge on any atom is -0.493 e. The smallest absolute Gasteiger partial charge is 0.240 e. The highest BCUT2D eigenvalue weighted by molar-refractivity contribution is 5.60. The van der Waals surface area contributed by atoms with Crippen molar-refractivity contribution in [2.75, 3.05) is 20.3 Å². The molecule has 7 nitrogen and oxygen atoms in total. The molecule has 0 aliphatic carbocycles. The van der Waals surface area contributed by atoms with Gasteiger partial charge in [-0.2, -0.15) is 4.98 Å². The summed E-state index contributed by atoms with van der Waals surface area (Å²) >= 11 is 0. The van der Waals surface area contributed by atoms with Crippen LogP contribution in [0.4, 0.5) is 0 Å². The number of nitrogens with zero attached hydrogens (tertiary/aromatic N) is 2. The summed E-state index contributed by atoms with van der Waals surface area (Å²) in [5, 5.41) is 3.88. The van der Waals surface area contributed by atoms with Crippen LogP contribution in [0.25, 0.3) is 11.4 Å². The summed E-state index contributed by atoms with van der Waals surface area (Å²) in [5.41, 5.74) is 6.24. The molecule has 0 amide bonds. The van der Waals surface area contributed by atoms with Crippen molar-refractivity contribution in [1.29, 1.82) is 0 Å². The fraction of sp³-hybridized carbons (Fsp3) is 0.429. The molecule has 1 aliphatic heterocycles. The number of rotatable bonds is 5. The highest BCUT2D eigenvalue weighted by Gasteiger charge is 2.19. The number of hydrogen-bond acceptors (Lipinski definition) is 7. The molecule has 1 fully saturated rings. The Morgan fingerprint density at radius 2 is 2.29 bits per heavy atom. The van der Waals surface area contributed by atoms with Crippen molar-refractivity contribution in [2.24, 2.45) is 5.73 Å². The van der Waals surface area contributed by atoms with Gasteiger partial charge in [-0.15, -0.1) is 0 Å². The molecular weight excluding hydrogens is 274 g/mol. The lowest BCUT2D eigenvalue weighted by molar-refractivity contribution is 0.138. The summed E-state index contributed by atoms with van der Waals surface area (Å²) in [7, 11) is 1.60. The zero-order chi connectivity index (χ0) is 14.7. The predicted molar refractivity (Wildman–Crippen MR) is 74.0 cm³/mol. The molecule has 1 aromatic carbocycles. The Balaban J connectivity index is 1.83. The second-order valence-electron chi connectivity index (χ2n) is 4.68. The van der Waals surface area contributed by atoms with E-state index >= 15 is 0 Å². The van der Waals surface area contributed by atoms with Crippen molar-refractivity contribution < 1.29 is 18.7 Å². The zero-order valence-electron chi connectivity index (χ0n) is 11.7. The van der Waals surface area contributed by atoms with Crippen molar-refractivity contribution in [3.63, 3.8) is 0 Å². The fourth-order valence-corrected chi connectivity index (χ4v) is 2.14. The van der Waals surface area contributed by atoms with Crippen LogP contribution in [0.2, 0.25) is 0 Å². The highest BCUT2D eigenvalue weighted by atomic mass is 16.6. The van der Waals surface area contributed by atoms with Gasteiger partial charge in [0.15, 0.2) is 11.5 Å². The van der Waals surface area contributed by atoms with Crippen LogP contribution < -0.4 is 15.2 Å². The third-order valence-corrected chi connectivity index (χ3v) is 3.25. The van der Waals surface area contributed by atoms with E-state index in [1.165, 1.54) is 0 Å². The Morgan fingerprint density at radius 3 is 2.95 bits per heavy atom. The number of nitrogens with two attached hydrogens (primary N) is 1. The van der Waals surface area contributed by atoms with Crippen molar-refractivity contribution in [1.82, 2.24) is 10.1 Å². The highest BCUT2D eigenvalue weighted by Crippen LogP contribution is 2.33. The second kappa shape index (κ2) is 6.11. The lowest BCUT2D eigenvalue weighted by Crippen LogP contribution is -2.16. The zero-order valence-corrected chi connectivity index (χ0v) is 11.7. The maximum Gasteiger partial charge on any atom is 0.240 e. The maximum absolute atomic E-state index is 5.88. The second-order valence-corrected chi connectivity index (χ2v) is 4.68. The SMILES string of the molecule is COc1cc(-c2noc(CN)n2)ccc1OC1CCOC1. The van der Waals surface area contributed by atoms with Crippen molar-refractivity contribution in [3.05, 3.63) is 24.1 Å². The minimum atomic E-state index is 0.0683. The Kier molecular flexibility index (Phi) is 4.03. The number of hydrogen-bond donors (Lipinski definition) is 1. The number of benzene rings is 1. The van der Waals surface area contributed by atoms with Gasteiger partial charge in [0, 0.05) is 12.0 Å². The standard InChI is InChI=1S/C14H17N3O4/c1-18-12-6-9(14-16-13(7-15)21-17-14)2-3-11(12)20-10-4-5-19-8-10/h2-3,6,10H,4-5,7-8,15H2,1H3. The van der Waals surface area contributed by atoms with Crippen molar-refractivity contribution in [2.45, 2.75) is 19.1 Å². The normalized spacial score (nSPS) is 17.9. The maximum atomic E-state index is 5.88. The topological polar surface area (TPSA) is 92.6 Å². The third-order valence-electron chi connectivity index (χ3n) is 3.25. The lowest BCUT2D eigenvalue weighted by Gasteiger charge is -2.15. The molecule has 1 aliphatic rings. The molecule has 7 heteroatoms. The van der Waals surface area contributed by atoms with E-state index in [1.807, 2.05) is 18.2 Å². The quantitative estimate of drug-likeness (QED) is 0.889. The Hall–Kier alpha value is -2.12. The monoisotopic (exact) mass is 291 g/mol. The Morgan fingerprint density at radius 1 is 1.38 bits per heavy atom. The van der Waals surface area contributed by atoms with Gasteiger partial charge in [-0.05, 0) is 18.2 Å². The van der Waals surface area contributed by atoms with Crippen molar-refractivity contribution >= 4 is 0 Å². The van der Waals surface area contributed by atoms with E-state index in [9.17, 15) is 0 Å². The molecule has 1 atom stereocenters. The van der Waals surface area contributed by atoms with Gasteiger partial charge in [0.05, 0.1) is 26.9 Å². The van der Waals surface area contributed by atoms with Crippen LogP contribution in [0.3, 0.4) is 0 Å². The van der Waals surface area contributed by atoms with Gasteiger partial charge < -0.3 is 24.5 Å². The molecule has 2 aromatic rings. The van der Waals surface area contributed by atoms with Crippen LogP contribution in [-0.4, -0.2) is 36.6 Å². The first-order valence-corrected chi connectivity index (χ1v) is 6.75. The van der Waals surface area contributed by atoms with Gasteiger partial charge in [0.25, 0.3) is 0 Å². The first-order valence-electron chi connectivity index (χ1n) is 6.75. The van der Waals surface area contributed by atoms with Gasteiger partial charge in [-0.3, -0.25) is 0 Å². The fourth-order valence-electron chi connectivity index (χ4n) is 2.14. The predicted octanol–water partition coefficient (Wildman–Crippen LogP) is 1.37. The summed E-state index contributed by atoms with van der Waals surface area (Å²) in [6, 6.07) is 5.51. The molecule has 2 N–H and O–H groups in total. The Labute approximate surface area is 122 Å². The number of aromatic nitrogens is 2. The molecule has 3 rings (SSSR count). The number of methoxy groups -OCH3 is 1. The van der Waals surface area contributed by atoms with Gasteiger partial charge in [0.1, 0.15) is 6.10 Å². The molecule has 1 saturated heterocycles. The molecular formula is C14H17N3O4. The molecule has 1 unspecified atom stereocenters.